The van der Waals surface area contributed by atoms with Gasteiger partial charge < -0.3 is 9.73 Å². The first kappa shape index (κ1) is 9.98. The lowest BCUT2D eigenvalue weighted by molar-refractivity contribution is 0.490. The Morgan fingerprint density at radius 2 is 2.33 bits per heavy atom. The van der Waals surface area contributed by atoms with Crippen LogP contribution >= 0.6 is 11.6 Å². The van der Waals surface area contributed by atoms with E-state index in [9.17, 15) is 0 Å². The molecule has 1 atom stereocenters. The summed E-state index contributed by atoms with van der Waals surface area (Å²) in [4.78, 5) is 8.00. The average Bonchev–Trinajstić information content (AvgIpc) is 2.70. The second kappa shape index (κ2) is 4.31. The first-order valence-corrected chi connectivity index (χ1v) is 4.91. The maximum Gasteiger partial charge on any atom is 0.149 e. The van der Waals surface area contributed by atoms with Gasteiger partial charge in [0.25, 0.3) is 0 Å². The van der Waals surface area contributed by atoms with Gasteiger partial charge in [0.1, 0.15) is 16.7 Å². The van der Waals surface area contributed by atoms with E-state index in [1.165, 1.54) is 6.20 Å². The third-order valence-corrected chi connectivity index (χ3v) is 2.12. The number of furan rings is 1. The molecule has 2 aromatic heterocycles. The van der Waals surface area contributed by atoms with Gasteiger partial charge in [0.05, 0.1) is 24.7 Å². The monoisotopic (exact) mass is 223 g/mol. The smallest absolute Gasteiger partial charge is 0.149 e. The SMILES string of the molecule is CC(Nc1cncc(Cl)n1)c1ccco1. The summed E-state index contributed by atoms with van der Waals surface area (Å²) in [7, 11) is 0. The molecular formula is C10H10ClN3O. The third-order valence-electron chi connectivity index (χ3n) is 1.94. The Bertz CT molecular complexity index is 430. The summed E-state index contributed by atoms with van der Waals surface area (Å²) in [5.41, 5.74) is 0. The van der Waals surface area contributed by atoms with E-state index in [0.717, 1.165) is 5.76 Å². The van der Waals surface area contributed by atoms with Crippen molar-refractivity contribution in [2.45, 2.75) is 13.0 Å². The third kappa shape index (κ3) is 2.47. The zero-order valence-electron chi connectivity index (χ0n) is 8.14. The van der Waals surface area contributed by atoms with Crippen LogP contribution in [0.15, 0.2) is 35.2 Å². The molecule has 0 aromatic carbocycles. The number of hydrogen-bond acceptors (Lipinski definition) is 4. The zero-order chi connectivity index (χ0) is 10.7. The van der Waals surface area contributed by atoms with Crippen LogP contribution < -0.4 is 5.32 Å². The maximum atomic E-state index is 5.72. The van der Waals surface area contributed by atoms with Gasteiger partial charge in [-0.2, -0.15) is 0 Å². The summed E-state index contributed by atoms with van der Waals surface area (Å²) in [6, 6.07) is 3.78. The van der Waals surface area contributed by atoms with Gasteiger partial charge in [-0.05, 0) is 19.1 Å². The molecule has 0 saturated heterocycles. The van der Waals surface area contributed by atoms with Crippen LogP contribution in [0.25, 0.3) is 0 Å². The molecule has 1 N–H and O–H groups in total. The van der Waals surface area contributed by atoms with Gasteiger partial charge in [-0.1, -0.05) is 11.6 Å². The van der Waals surface area contributed by atoms with Crippen LogP contribution in [0.3, 0.4) is 0 Å². The van der Waals surface area contributed by atoms with Crippen molar-refractivity contribution in [2.24, 2.45) is 0 Å². The molecule has 78 valence electrons. The lowest BCUT2D eigenvalue weighted by Crippen LogP contribution is -2.07. The normalized spacial score (nSPS) is 12.4. The highest BCUT2D eigenvalue weighted by Crippen LogP contribution is 2.18. The van der Waals surface area contributed by atoms with Gasteiger partial charge in [0.2, 0.25) is 0 Å². The summed E-state index contributed by atoms with van der Waals surface area (Å²) in [5, 5.41) is 3.50. The van der Waals surface area contributed by atoms with Crippen LogP contribution in [0, 0.1) is 0 Å². The molecule has 1 unspecified atom stereocenters. The molecule has 0 radical (unpaired) electrons. The number of hydrogen-bond donors (Lipinski definition) is 1. The Morgan fingerprint density at radius 3 is 3.00 bits per heavy atom. The van der Waals surface area contributed by atoms with Crippen LogP contribution in [0.1, 0.15) is 18.7 Å². The van der Waals surface area contributed by atoms with Crippen molar-refractivity contribution in [3.8, 4) is 0 Å². The Hall–Kier alpha value is -1.55. The van der Waals surface area contributed by atoms with Crippen molar-refractivity contribution in [3.05, 3.63) is 41.7 Å². The number of nitrogens with zero attached hydrogens (tertiary/aromatic N) is 2. The van der Waals surface area contributed by atoms with Crippen LogP contribution in [0.5, 0.6) is 0 Å². The molecule has 2 rings (SSSR count). The van der Waals surface area contributed by atoms with E-state index in [4.69, 9.17) is 16.0 Å². The second-order valence-corrected chi connectivity index (χ2v) is 3.50. The standard InChI is InChI=1S/C10H10ClN3O/c1-7(8-3-2-4-15-8)13-10-6-12-5-9(11)14-10/h2-7H,1H3,(H,13,14). The second-order valence-electron chi connectivity index (χ2n) is 3.11. The number of nitrogens with one attached hydrogen (secondary N) is 1. The number of aromatic nitrogens is 2. The minimum Gasteiger partial charge on any atom is -0.467 e. The Labute approximate surface area is 92.3 Å². The summed E-state index contributed by atoms with van der Waals surface area (Å²) in [6.07, 6.45) is 4.74. The van der Waals surface area contributed by atoms with Crippen LogP contribution in [-0.2, 0) is 0 Å². The average molecular weight is 224 g/mol. The first-order valence-electron chi connectivity index (χ1n) is 4.53. The van der Waals surface area contributed by atoms with Crippen LogP contribution in [0.2, 0.25) is 5.15 Å². The molecule has 15 heavy (non-hydrogen) atoms. The van der Waals surface area contributed by atoms with Gasteiger partial charge >= 0.3 is 0 Å². The van der Waals surface area contributed by atoms with Crippen molar-refractivity contribution < 1.29 is 4.42 Å². The molecule has 2 aromatic rings. The molecule has 0 aliphatic rings. The Morgan fingerprint density at radius 1 is 1.47 bits per heavy atom. The predicted octanol–water partition coefficient (Wildman–Crippen LogP) is 2.90. The predicted molar refractivity (Wildman–Crippen MR) is 57.8 cm³/mol. The molecular weight excluding hydrogens is 214 g/mol. The van der Waals surface area contributed by atoms with Crippen LogP contribution in [-0.4, -0.2) is 9.97 Å². The maximum absolute atomic E-state index is 5.72. The Kier molecular flexibility index (Phi) is 2.87. The van der Waals surface area contributed by atoms with Crippen molar-refractivity contribution in [1.29, 1.82) is 0 Å². The van der Waals surface area contributed by atoms with Crippen molar-refractivity contribution in [2.75, 3.05) is 5.32 Å². The first-order chi connectivity index (χ1) is 7.25. The van der Waals surface area contributed by atoms with Crippen molar-refractivity contribution in [3.63, 3.8) is 0 Å². The molecule has 0 aliphatic carbocycles. The summed E-state index contributed by atoms with van der Waals surface area (Å²) in [6.45, 7) is 1.97. The van der Waals surface area contributed by atoms with Crippen molar-refractivity contribution >= 4 is 17.4 Å². The fourth-order valence-corrected chi connectivity index (χ4v) is 1.39. The quantitative estimate of drug-likeness (QED) is 0.869. The lowest BCUT2D eigenvalue weighted by atomic mass is 10.2. The van der Waals surface area contributed by atoms with Gasteiger partial charge in [-0.15, -0.1) is 0 Å². The summed E-state index contributed by atoms with van der Waals surface area (Å²) in [5.74, 6) is 1.48. The lowest BCUT2D eigenvalue weighted by Gasteiger charge is -2.11. The fraction of sp³-hybridized carbons (Fsp3) is 0.200. The minimum absolute atomic E-state index is 0.0350. The molecule has 0 fully saturated rings. The highest BCUT2D eigenvalue weighted by atomic mass is 35.5. The highest BCUT2D eigenvalue weighted by Gasteiger charge is 2.08. The van der Waals surface area contributed by atoms with E-state index < -0.39 is 0 Å². The van der Waals surface area contributed by atoms with Gasteiger partial charge in [-0.3, -0.25) is 4.98 Å². The van der Waals surface area contributed by atoms with E-state index in [1.54, 1.807) is 12.5 Å². The Balaban J connectivity index is 2.09. The van der Waals surface area contributed by atoms with Gasteiger partial charge in [-0.25, -0.2) is 4.98 Å². The molecule has 0 amide bonds. The van der Waals surface area contributed by atoms with E-state index >= 15 is 0 Å². The molecule has 0 saturated carbocycles. The zero-order valence-corrected chi connectivity index (χ0v) is 8.90. The minimum atomic E-state index is 0.0350. The van der Waals surface area contributed by atoms with E-state index in [1.807, 2.05) is 19.1 Å². The molecule has 0 bridgehead atoms. The molecule has 4 nitrogen and oxygen atoms in total. The van der Waals surface area contributed by atoms with E-state index in [0.29, 0.717) is 11.0 Å². The van der Waals surface area contributed by atoms with E-state index in [-0.39, 0.29) is 6.04 Å². The largest absolute Gasteiger partial charge is 0.467 e. The fourth-order valence-electron chi connectivity index (χ4n) is 1.24. The van der Waals surface area contributed by atoms with E-state index in [2.05, 4.69) is 15.3 Å². The molecule has 5 heteroatoms. The van der Waals surface area contributed by atoms with Crippen LogP contribution in [0.4, 0.5) is 5.82 Å². The number of anilines is 1. The summed E-state index contributed by atoms with van der Waals surface area (Å²) < 4.78 is 5.25. The molecule has 0 spiro atoms. The highest BCUT2D eigenvalue weighted by molar-refractivity contribution is 6.29. The number of rotatable bonds is 3. The summed E-state index contributed by atoms with van der Waals surface area (Å²) >= 11 is 5.72. The van der Waals surface area contributed by atoms with Gasteiger partial charge in [0.15, 0.2) is 0 Å². The molecule has 0 aliphatic heterocycles. The molecule has 2 heterocycles. The number of halogens is 1. The van der Waals surface area contributed by atoms with Crippen molar-refractivity contribution in [1.82, 2.24) is 9.97 Å². The van der Waals surface area contributed by atoms with Gasteiger partial charge in [0, 0.05) is 0 Å². The topological polar surface area (TPSA) is 51.0 Å².